The highest BCUT2D eigenvalue weighted by Gasteiger charge is 2.05. The fourth-order valence-corrected chi connectivity index (χ4v) is 1.55. The molecule has 0 aliphatic rings. The summed E-state index contributed by atoms with van der Waals surface area (Å²) in [5.74, 6) is 0.784. The van der Waals surface area contributed by atoms with E-state index >= 15 is 0 Å². The number of hydrogen-bond donors (Lipinski definition) is 1. The fourth-order valence-electron chi connectivity index (χ4n) is 1.25. The number of hydrogen-bond acceptors (Lipinski definition) is 1. The molecule has 72 valence electrons. The van der Waals surface area contributed by atoms with Crippen LogP contribution in [0, 0.1) is 0 Å². The smallest absolute Gasteiger partial charge is 0.166 e. The summed E-state index contributed by atoms with van der Waals surface area (Å²) < 4.78 is 0. The number of benzene rings is 1. The predicted molar refractivity (Wildman–Crippen MR) is 57.9 cm³/mol. The molecule has 0 aliphatic carbocycles. The Labute approximate surface area is 91.9 Å². The Morgan fingerprint density at radius 2 is 1.86 bits per heavy atom. The van der Waals surface area contributed by atoms with Crippen LogP contribution in [0.25, 0.3) is 0 Å². The summed E-state index contributed by atoms with van der Waals surface area (Å²) in [4.78, 5) is 7.00. The van der Waals surface area contributed by atoms with Crippen molar-refractivity contribution < 1.29 is 0 Å². The highest BCUT2D eigenvalue weighted by molar-refractivity contribution is 6.40. The first-order valence-corrected chi connectivity index (χ1v) is 4.95. The van der Waals surface area contributed by atoms with Crippen molar-refractivity contribution in [3.8, 4) is 0 Å². The summed E-state index contributed by atoms with van der Waals surface area (Å²) >= 11 is 11.5. The largest absolute Gasteiger partial charge is 0.331 e. The van der Waals surface area contributed by atoms with E-state index in [9.17, 15) is 0 Å². The van der Waals surface area contributed by atoms with Crippen LogP contribution in [0.4, 0.5) is 0 Å². The first-order chi connectivity index (χ1) is 6.75. The number of H-pyrrole nitrogens is 1. The van der Waals surface area contributed by atoms with Gasteiger partial charge in [-0.2, -0.15) is 0 Å². The molecule has 0 amide bonds. The zero-order chi connectivity index (χ0) is 9.97. The zero-order valence-corrected chi connectivity index (χ0v) is 8.81. The summed E-state index contributed by atoms with van der Waals surface area (Å²) in [6.45, 7) is 0. The minimum atomic E-state index is 0.331. The van der Waals surface area contributed by atoms with Gasteiger partial charge in [-0.15, -0.1) is 0 Å². The van der Waals surface area contributed by atoms with Gasteiger partial charge in [0.15, 0.2) is 5.15 Å². The van der Waals surface area contributed by atoms with Gasteiger partial charge in [-0.3, -0.25) is 0 Å². The molecule has 4 heteroatoms. The summed E-state index contributed by atoms with van der Waals surface area (Å²) in [7, 11) is 0. The summed E-state index contributed by atoms with van der Waals surface area (Å²) in [5, 5.41) is 0.732. The third-order valence-corrected chi connectivity index (χ3v) is 2.53. The molecule has 2 aromatic rings. The molecule has 0 saturated heterocycles. The average Bonchev–Trinajstić information content (AvgIpc) is 2.47. The normalized spacial score (nSPS) is 10.4. The lowest BCUT2D eigenvalue weighted by Crippen LogP contribution is -1.89. The van der Waals surface area contributed by atoms with Crippen molar-refractivity contribution >= 4 is 23.2 Å². The van der Waals surface area contributed by atoms with Crippen LogP contribution in [-0.4, -0.2) is 9.97 Å². The number of imidazole rings is 1. The van der Waals surface area contributed by atoms with E-state index in [2.05, 4.69) is 9.97 Å². The minimum Gasteiger partial charge on any atom is -0.331 e. The van der Waals surface area contributed by atoms with Gasteiger partial charge in [0.1, 0.15) is 11.0 Å². The van der Waals surface area contributed by atoms with Crippen LogP contribution in [0.1, 0.15) is 11.4 Å². The Hall–Kier alpha value is -0.990. The molecule has 1 aromatic heterocycles. The number of rotatable bonds is 2. The van der Waals surface area contributed by atoms with Gasteiger partial charge >= 0.3 is 0 Å². The number of aromatic nitrogens is 2. The highest BCUT2D eigenvalue weighted by atomic mass is 35.5. The van der Waals surface area contributed by atoms with E-state index in [0.717, 1.165) is 5.82 Å². The molecule has 1 N–H and O–H groups in total. The van der Waals surface area contributed by atoms with E-state index in [-0.39, 0.29) is 0 Å². The molecule has 0 unspecified atom stereocenters. The Kier molecular flexibility index (Phi) is 2.75. The van der Waals surface area contributed by atoms with Crippen molar-refractivity contribution in [2.75, 3.05) is 0 Å². The first kappa shape index (κ1) is 9.56. The van der Waals surface area contributed by atoms with E-state index in [4.69, 9.17) is 23.2 Å². The van der Waals surface area contributed by atoms with Gasteiger partial charge in [0.25, 0.3) is 0 Å². The maximum absolute atomic E-state index is 5.75. The Morgan fingerprint density at radius 3 is 2.43 bits per heavy atom. The standard InChI is InChI=1S/C10H8Cl2N2/c11-9-10(12)14-8(13-9)6-7-4-2-1-3-5-7/h1-5H,6H2,(H,13,14). The Bertz CT molecular complexity index is 403. The van der Waals surface area contributed by atoms with E-state index in [1.165, 1.54) is 5.56 Å². The van der Waals surface area contributed by atoms with E-state index < -0.39 is 0 Å². The second kappa shape index (κ2) is 4.03. The van der Waals surface area contributed by atoms with Gasteiger partial charge in [0, 0.05) is 6.42 Å². The molecule has 2 nitrogen and oxygen atoms in total. The van der Waals surface area contributed by atoms with Crippen LogP contribution in [0.15, 0.2) is 30.3 Å². The van der Waals surface area contributed by atoms with Gasteiger partial charge in [-0.25, -0.2) is 4.98 Å². The third-order valence-electron chi connectivity index (χ3n) is 1.88. The summed E-state index contributed by atoms with van der Waals surface area (Å²) in [6.07, 6.45) is 0.716. The summed E-state index contributed by atoms with van der Waals surface area (Å²) in [6, 6.07) is 10.0. The molecule has 0 aliphatic heterocycles. The van der Waals surface area contributed by atoms with Crippen molar-refractivity contribution in [1.82, 2.24) is 9.97 Å². The quantitative estimate of drug-likeness (QED) is 0.837. The number of nitrogens with one attached hydrogen (secondary N) is 1. The maximum Gasteiger partial charge on any atom is 0.166 e. The number of halogens is 2. The Morgan fingerprint density at radius 1 is 1.14 bits per heavy atom. The SMILES string of the molecule is Clc1nc(Cc2ccccc2)[nH]c1Cl. The second-order valence-corrected chi connectivity index (χ2v) is 3.69. The van der Waals surface area contributed by atoms with E-state index in [1.807, 2.05) is 30.3 Å². The van der Waals surface area contributed by atoms with Crippen molar-refractivity contribution in [1.29, 1.82) is 0 Å². The second-order valence-electron chi connectivity index (χ2n) is 2.95. The fraction of sp³-hybridized carbons (Fsp3) is 0.100. The van der Waals surface area contributed by atoms with Crippen molar-refractivity contribution in [3.05, 3.63) is 52.0 Å². The van der Waals surface area contributed by atoms with E-state index in [1.54, 1.807) is 0 Å². The molecule has 0 fully saturated rings. The van der Waals surface area contributed by atoms with Gasteiger partial charge in [-0.05, 0) is 5.56 Å². The lowest BCUT2D eigenvalue weighted by Gasteiger charge is -1.95. The topological polar surface area (TPSA) is 28.7 Å². The molecule has 0 saturated carbocycles. The predicted octanol–water partition coefficient (Wildman–Crippen LogP) is 3.31. The van der Waals surface area contributed by atoms with Crippen LogP contribution in [0.5, 0.6) is 0 Å². The molecule has 0 bridgehead atoms. The van der Waals surface area contributed by atoms with Crippen LogP contribution in [0.2, 0.25) is 10.3 Å². The van der Waals surface area contributed by atoms with Gasteiger partial charge in [0.2, 0.25) is 0 Å². The average molecular weight is 227 g/mol. The minimum absolute atomic E-state index is 0.331. The number of nitrogens with zero attached hydrogens (tertiary/aromatic N) is 1. The Balaban J connectivity index is 2.19. The first-order valence-electron chi connectivity index (χ1n) is 4.19. The monoisotopic (exact) mass is 226 g/mol. The molecular formula is C10H8Cl2N2. The van der Waals surface area contributed by atoms with Crippen LogP contribution in [0.3, 0.4) is 0 Å². The van der Waals surface area contributed by atoms with Crippen molar-refractivity contribution in [2.45, 2.75) is 6.42 Å². The molecule has 0 atom stereocenters. The van der Waals surface area contributed by atoms with Crippen LogP contribution in [-0.2, 0) is 6.42 Å². The lowest BCUT2D eigenvalue weighted by molar-refractivity contribution is 1.03. The lowest BCUT2D eigenvalue weighted by atomic mass is 10.1. The molecule has 1 heterocycles. The molecule has 0 spiro atoms. The molecule has 0 radical (unpaired) electrons. The summed E-state index contributed by atoms with van der Waals surface area (Å²) in [5.41, 5.74) is 1.18. The molecule has 2 rings (SSSR count). The van der Waals surface area contributed by atoms with Gasteiger partial charge in [-0.1, -0.05) is 53.5 Å². The van der Waals surface area contributed by atoms with Crippen LogP contribution < -0.4 is 0 Å². The number of aromatic amines is 1. The van der Waals surface area contributed by atoms with Crippen LogP contribution >= 0.6 is 23.2 Å². The zero-order valence-electron chi connectivity index (χ0n) is 7.30. The highest BCUT2D eigenvalue weighted by Crippen LogP contribution is 2.19. The molecule has 14 heavy (non-hydrogen) atoms. The van der Waals surface area contributed by atoms with Crippen molar-refractivity contribution in [3.63, 3.8) is 0 Å². The van der Waals surface area contributed by atoms with E-state index in [0.29, 0.717) is 16.7 Å². The molecular weight excluding hydrogens is 219 g/mol. The van der Waals surface area contributed by atoms with Gasteiger partial charge < -0.3 is 4.98 Å². The third kappa shape index (κ3) is 2.08. The van der Waals surface area contributed by atoms with Crippen molar-refractivity contribution in [2.24, 2.45) is 0 Å². The molecule has 1 aromatic carbocycles. The van der Waals surface area contributed by atoms with Gasteiger partial charge in [0.05, 0.1) is 0 Å². The maximum atomic E-state index is 5.75.